The third-order valence-corrected chi connectivity index (χ3v) is 5.35. The highest BCUT2D eigenvalue weighted by Crippen LogP contribution is 2.30. The molecule has 1 aromatic heterocycles. The molecule has 5 heteroatoms. The van der Waals surface area contributed by atoms with Crippen LogP contribution in [0.4, 0.5) is 0 Å². The van der Waals surface area contributed by atoms with Crippen molar-refractivity contribution in [2.75, 3.05) is 13.7 Å². The Hall–Kier alpha value is -2.27. The van der Waals surface area contributed by atoms with Crippen LogP contribution in [0.25, 0.3) is 10.9 Å². The van der Waals surface area contributed by atoms with Crippen LogP contribution in [-0.4, -0.2) is 24.1 Å². The first kappa shape index (κ1) is 17.5. The number of halogens is 1. The van der Waals surface area contributed by atoms with E-state index in [2.05, 4.69) is 27.3 Å². The van der Waals surface area contributed by atoms with E-state index in [-0.39, 0.29) is 5.91 Å². The number of nitrogens with one attached hydrogen (secondary N) is 1. The smallest absolute Gasteiger partial charge is 0.239 e. The number of hydrogen-bond donors (Lipinski definition) is 1. The number of amides is 1. The minimum Gasteiger partial charge on any atom is -0.497 e. The van der Waals surface area contributed by atoms with Crippen molar-refractivity contribution in [3.63, 3.8) is 0 Å². The molecule has 0 aliphatic heterocycles. The van der Waals surface area contributed by atoms with Gasteiger partial charge in [-0.1, -0.05) is 30.3 Å². The number of nitrogens with zero attached hydrogens (tertiary/aromatic N) is 1. The van der Waals surface area contributed by atoms with E-state index in [1.54, 1.807) is 7.11 Å². The zero-order valence-electron chi connectivity index (χ0n) is 14.4. The highest BCUT2D eigenvalue weighted by atomic mass is 79.9. The van der Waals surface area contributed by atoms with Crippen LogP contribution in [0.1, 0.15) is 11.3 Å². The maximum absolute atomic E-state index is 12.3. The van der Waals surface area contributed by atoms with E-state index in [9.17, 15) is 4.79 Å². The zero-order valence-corrected chi connectivity index (χ0v) is 16.0. The summed E-state index contributed by atoms with van der Waals surface area (Å²) >= 11 is 3.62. The lowest BCUT2D eigenvalue weighted by Gasteiger charge is -2.10. The van der Waals surface area contributed by atoms with E-state index in [0.29, 0.717) is 13.1 Å². The van der Waals surface area contributed by atoms with Crippen LogP contribution in [0.3, 0.4) is 0 Å². The van der Waals surface area contributed by atoms with Gasteiger partial charge in [0.25, 0.3) is 0 Å². The predicted octanol–water partition coefficient (Wildman–Crippen LogP) is 4.08. The standard InChI is InChI=1S/C20H21BrN2O2/c1-14-20(21)17-5-3-4-6-18(17)23(14)13-19(24)22-12-11-15-7-9-16(25-2)10-8-15/h3-10H,11-13H2,1-2H3,(H,22,24). The molecule has 0 radical (unpaired) electrons. The van der Waals surface area contributed by atoms with Crippen molar-refractivity contribution in [2.24, 2.45) is 0 Å². The van der Waals surface area contributed by atoms with E-state index in [1.807, 2.05) is 54.0 Å². The molecular formula is C20H21BrN2O2. The number of ether oxygens (including phenoxy) is 1. The summed E-state index contributed by atoms with van der Waals surface area (Å²) < 4.78 is 8.24. The van der Waals surface area contributed by atoms with Crippen molar-refractivity contribution in [3.05, 3.63) is 64.3 Å². The molecule has 0 aliphatic rings. The molecule has 1 N–H and O–H groups in total. The Morgan fingerprint density at radius 2 is 1.88 bits per heavy atom. The van der Waals surface area contributed by atoms with Crippen molar-refractivity contribution >= 4 is 32.7 Å². The van der Waals surface area contributed by atoms with Gasteiger partial charge in [-0.25, -0.2) is 0 Å². The van der Waals surface area contributed by atoms with Crippen LogP contribution in [-0.2, 0) is 17.8 Å². The second kappa shape index (κ2) is 7.74. The highest BCUT2D eigenvalue weighted by Gasteiger charge is 2.13. The first-order valence-corrected chi connectivity index (χ1v) is 9.02. The Bertz CT molecular complexity index is 885. The maximum atomic E-state index is 12.3. The lowest BCUT2D eigenvalue weighted by atomic mass is 10.1. The molecular weight excluding hydrogens is 380 g/mol. The fourth-order valence-corrected chi connectivity index (χ4v) is 3.48. The number of carbonyl (C=O) groups is 1. The summed E-state index contributed by atoms with van der Waals surface area (Å²) in [6, 6.07) is 16.0. The molecule has 3 aromatic rings. The van der Waals surface area contributed by atoms with Crippen molar-refractivity contribution in [3.8, 4) is 5.75 Å². The van der Waals surface area contributed by atoms with Crippen molar-refractivity contribution in [2.45, 2.75) is 19.9 Å². The monoisotopic (exact) mass is 400 g/mol. The molecule has 4 nitrogen and oxygen atoms in total. The molecule has 0 fully saturated rings. The number of para-hydroxylation sites is 1. The van der Waals surface area contributed by atoms with Crippen molar-refractivity contribution in [1.82, 2.24) is 9.88 Å². The van der Waals surface area contributed by atoms with Crippen LogP contribution >= 0.6 is 15.9 Å². The maximum Gasteiger partial charge on any atom is 0.239 e. The average Bonchev–Trinajstić information content (AvgIpc) is 2.88. The number of rotatable bonds is 6. The second-order valence-electron chi connectivity index (χ2n) is 5.95. The van der Waals surface area contributed by atoms with E-state index in [1.165, 1.54) is 5.56 Å². The Labute approximate surface area is 155 Å². The molecule has 3 rings (SSSR count). The number of fused-ring (bicyclic) bond motifs is 1. The summed E-state index contributed by atoms with van der Waals surface area (Å²) in [5.41, 5.74) is 3.30. The molecule has 0 saturated heterocycles. The lowest BCUT2D eigenvalue weighted by Crippen LogP contribution is -2.29. The number of carbonyl (C=O) groups excluding carboxylic acids is 1. The fraction of sp³-hybridized carbons (Fsp3) is 0.250. The van der Waals surface area contributed by atoms with Crippen LogP contribution in [0.15, 0.2) is 53.0 Å². The summed E-state index contributed by atoms with van der Waals surface area (Å²) in [4.78, 5) is 12.3. The molecule has 0 spiro atoms. The van der Waals surface area contributed by atoms with E-state index in [4.69, 9.17) is 4.74 Å². The van der Waals surface area contributed by atoms with Gasteiger partial charge >= 0.3 is 0 Å². The molecule has 0 unspecified atom stereocenters. The van der Waals surface area contributed by atoms with Crippen LogP contribution in [0, 0.1) is 6.92 Å². The van der Waals surface area contributed by atoms with Gasteiger partial charge in [0.2, 0.25) is 5.91 Å². The summed E-state index contributed by atoms with van der Waals surface area (Å²) in [6.45, 7) is 2.96. The van der Waals surface area contributed by atoms with E-state index >= 15 is 0 Å². The summed E-state index contributed by atoms with van der Waals surface area (Å²) in [5, 5.41) is 4.13. The SMILES string of the molecule is COc1ccc(CCNC(=O)Cn2c(C)c(Br)c3ccccc32)cc1. The Kier molecular flexibility index (Phi) is 5.43. The number of benzene rings is 2. The van der Waals surface area contributed by atoms with Crippen molar-refractivity contribution in [1.29, 1.82) is 0 Å². The molecule has 130 valence electrons. The topological polar surface area (TPSA) is 43.3 Å². The minimum absolute atomic E-state index is 0.0184. The van der Waals surface area contributed by atoms with Gasteiger partial charge in [-0.3, -0.25) is 4.79 Å². The van der Waals surface area contributed by atoms with Gasteiger partial charge in [0.1, 0.15) is 12.3 Å². The van der Waals surface area contributed by atoms with Gasteiger partial charge in [-0.15, -0.1) is 0 Å². The minimum atomic E-state index is 0.0184. The van der Waals surface area contributed by atoms with Crippen LogP contribution in [0.2, 0.25) is 0 Å². The Morgan fingerprint density at radius 1 is 1.16 bits per heavy atom. The molecule has 2 aromatic carbocycles. The third-order valence-electron chi connectivity index (χ3n) is 4.35. The summed E-state index contributed by atoms with van der Waals surface area (Å²) in [6.07, 6.45) is 0.796. The zero-order chi connectivity index (χ0) is 17.8. The number of aromatic nitrogens is 1. The van der Waals surface area contributed by atoms with Gasteiger partial charge in [0.05, 0.1) is 7.11 Å². The largest absolute Gasteiger partial charge is 0.497 e. The molecule has 0 saturated carbocycles. The average molecular weight is 401 g/mol. The van der Waals surface area contributed by atoms with Crippen LogP contribution in [0.5, 0.6) is 5.75 Å². The van der Waals surface area contributed by atoms with Gasteiger partial charge in [0.15, 0.2) is 0 Å². The molecule has 1 heterocycles. The predicted molar refractivity (Wildman–Crippen MR) is 104 cm³/mol. The molecule has 25 heavy (non-hydrogen) atoms. The summed E-state index contributed by atoms with van der Waals surface area (Å²) in [7, 11) is 1.65. The van der Waals surface area contributed by atoms with Gasteiger partial charge < -0.3 is 14.6 Å². The highest BCUT2D eigenvalue weighted by molar-refractivity contribution is 9.10. The van der Waals surface area contributed by atoms with Gasteiger partial charge in [-0.2, -0.15) is 0 Å². The number of methoxy groups -OCH3 is 1. The third kappa shape index (κ3) is 3.87. The lowest BCUT2D eigenvalue weighted by molar-refractivity contribution is -0.121. The first-order valence-electron chi connectivity index (χ1n) is 8.23. The normalized spacial score (nSPS) is 10.8. The first-order chi connectivity index (χ1) is 12.1. The fourth-order valence-electron chi connectivity index (χ4n) is 2.93. The Balaban J connectivity index is 1.60. The van der Waals surface area contributed by atoms with Gasteiger partial charge in [-0.05, 0) is 53.0 Å². The quantitative estimate of drug-likeness (QED) is 0.677. The molecule has 1 amide bonds. The molecule has 0 aliphatic carbocycles. The Morgan fingerprint density at radius 3 is 2.60 bits per heavy atom. The van der Waals surface area contributed by atoms with Gasteiger partial charge in [0, 0.05) is 27.6 Å². The van der Waals surface area contributed by atoms with Crippen LogP contribution < -0.4 is 10.1 Å². The van der Waals surface area contributed by atoms with E-state index in [0.717, 1.165) is 33.2 Å². The van der Waals surface area contributed by atoms with E-state index < -0.39 is 0 Å². The molecule has 0 bridgehead atoms. The van der Waals surface area contributed by atoms with Crippen molar-refractivity contribution < 1.29 is 9.53 Å². The summed E-state index contributed by atoms with van der Waals surface area (Å²) in [5.74, 6) is 0.859. The number of hydrogen-bond acceptors (Lipinski definition) is 2. The molecule has 0 atom stereocenters. The second-order valence-corrected chi connectivity index (χ2v) is 6.74.